The van der Waals surface area contributed by atoms with Crippen LogP contribution in [0, 0.1) is 0 Å². The number of rotatable bonds is 4. The second-order valence-corrected chi connectivity index (χ2v) is 7.15. The van der Waals surface area contributed by atoms with Gasteiger partial charge in [0.05, 0.1) is 11.9 Å². The monoisotopic (exact) mass is 248 g/mol. The van der Waals surface area contributed by atoms with Crippen LogP contribution in [0.4, 0.5) is 0 Å². The van der Waals surface area contributed by atoms with Gasteiger partial charge in [-0.2, -0.15) is 0 Å². The van der Waals surface area contributed by atoms with Crippen LogP contribution in [0.25, 0.3) is 0 Å². The predicted octanol–water partition coefficient (Wildman–Crippen LogP) is -1.22. The van der Waals surface area contributed by atoms with Gasteiger partial charge in [0.15, 0.2) is 0 Å². The third kappa shape index (κ3) is 2.94. The number of hydrogen-bond donors (Lipinski definition) is 1. The summed E-state index contributed by atoms with van der Waals surface area (Å²) < 4.78 is 22.1. The van der Waals surface area contributed by atoms with E-state index in [4.69, 9.17) is 0 Å². The first-order valence-corrected chi connectivity index (χ1v) is 7.84. The van der Waals surface area contributed by atoms with E-state index >= 15 is 0 Å². The fraction of sp³-hybridized carbons (Fsp3) is 1.00. The van der Waals surface area contributed by atoms with E-state index in [1.165, 1.54) is 6.26 Å². The van der Waals surface area contributed by atoms with E-state index in [9.17, 15) is 13.5 Å². The van der Waals surface area contributed by atoms with Gasteiger partial charge in [-0.3, -0.25) is 9.80 Å². The Balaban J connectivity index is 1.88. The molecule has 2 unspecified atom stereocenters. The quantitative estimate of drug-likeness (QED) is 0.676. The number of aliphatic hydroxyl groups excluding tert-OH is 1. The molecule has 0 aromatic carbocycles. The summed E-state index contributed by atoms with van der Waals surface area (Å²) in [6.45, 7) is 5.04. The first-order chi connectivity index (χ1) is 7.46. The van der Waals surface area contributed by atoms with Gasteiger partial charge in [0.1, 0.15) is 9.84 Å². The third-order valence-corrected chi connectivity index (χ3v) is 4.53. The van der Waals surface area contributed by atoms with Crippen molar-refractivity contribution in [2.24, 2.45) is 0 Å². The summed E-state index contributed by atoms with van der Waals surface area (Å²) in [6.07, 6.45) is 1.06. The summed E-state index contributed by atoms with van der Waals surface area (Å²) in [5.41, 5.74) is 0. The van der Waals surface area contributed by atoms with Gasteiger partial charge in [-0.15, -0.1) is 0 Å². The molecule has 2 bridgehead atoms. The fourth-order valence-corrected chi connectivity index (χ4v) is 3.22. The molecule has 94 valence electrons. The van der Waals surface area contributed by atoms with Gasteiger partial charge in [-0.25, -0.2) is 8.42 Å². The maximum absolute atomic E-state index is 11.0. The molecule has 3 rings (SSSR count). The lowest BCUT2D eigenvalue weighted by atomic mass is 10.0. The summed E-state index contributed by atoms with van der Waals surface area (Å²) in [4.78, 5) is 4.63. The van der Waals surface area contributed by atoms with Crippen molar-refractivity contribution in [3.63, 3.8) is 0 Å². The molecule has 0 amide bonds. The summed E-state index contributed by atoms with van der Waals surface area (Å²) >= 11 is 0. The Kier molecular flexibility index (Phi) is 3.53. The van der Waals surface area contributed by atoms with Crippen LogP contribution in [-0.2, 0) is 9.84 Å². The summed E-state index contributed by atoms with van der Waals surface area (Å²) in [5, 5.41) is 10.0. The van der Waals surface area contributed by atoms with Crippen LogP contribution in [0.2, 0.25) is 0 Å². The molecule has 0 aromatic heterocycles. The normalized spacial score (nSPS) is 36.2. The molecule has 2 atom stereocenters. The van der Waals surface area contributed by atoms with E-state index < -0.39 is 15.9 Å². The molecule has 3 fully saturated rings. The van der Waals surface area contributed by atoms with E-state index in [0.717, 1.165) is 32.7 Å². The highest BCUT2D eigenvalue weighted by Crippen LogP contribution is 2.19. The van der Waals surface area contributed by atoms with Gasteiger partial charge in [0, 0.05) is 45.0 Å². The van der Waals surface area contributed by atoms with Gasteiger partial charge in [-0.05, 0) is 6.42 Å². The molecule has 3 aliphatic heterocycles. The lowest BCUT2D eigenvalue weighted by Gasteiger charge is -2.49. The van der Waals surface area contributed by atoms with Gasteiger partial charge in [-0.1, -0.05) is 0 Å². The molecule has 6 heteroatoms. The Labute approximate surface area is 97.0 Å². The molecule has 0 spiro atoms. The highest BCUT2D eigenvalue weighted by Gasteiger charge is 2.35. The van der Waals surface area contributed by atoms with Crippen molar-refractivity contribution in [1.82, 2.24) is 9.80 Å². The number of hydrogen-bond acceptors (Lipinski definition) is 5. The molecule has 3 saturated heterocycles. The zero-order valence-electron chi connectivity index (χ0n) is 9.67. The Morgan fingerprint density at radius 3 is 2.38 bits per heavy atom. The number of sulfone groups is 1. The molecule has 5 nitrogen and oxygen atoms in total. The van der Waals surface area contributed by atoms with Crippen LogP contribution in [-0.4, -0.2) is 80.2 Å². The van der Waals surface area contributed by atoms with Crippen molar-refractivity contribution >= 4 is 9.84 Å². The number of nitrogens with zero attached hydrogens (tertiary/aromatic N) is 2. The molecule has 3 aliphatic rings. The predicted molar refractivity (Wildman–Crippen MR) is 62.1 cm³/mol. The van der Waals surface area contributed by atoms with Crippen LogP contribution >= 0.6 is 0 Å². The number of aliphatic hydroxyl groups is 1. The Morgan fingerprint density at radius 2 is 1.94 bits per heavy atom. The van der Waals surface area contributed by atoms with Crippen molar-refractivity contribution in [3.8, 4) is 0 Å². The van der Waals surface area contributed by atoms with Gasteiger partial charge < -0.3 is 5.11 Å². The minimum Gasteiger partial charge on any atom is -0.391 e. The van der Waals surface area contributed by atoms with Crippen molar-refractivity contribution in [3.05, 3.63) is 0 Å². The Morgan fingerprint density at radius 1 is 1.31 bits per heavy atom. The van der Waals surface area contributed by atoms with Gasteiger partial charge in [0.25, 0.3) is 0 Å². The van der Waals surface area contributed by atoms with Crippen molar-refractivity contribution in [2.45, 2.75) is 18.6 Å². The van der Waals surface area contributed by atoms with Gasteiger partial charge in [0.2, 0.25) is 0 Å². The lowest BCUT2D eigenvalue weighted by Crippen LogP contribution is -2.64. The molecular formula is C10H20N2O3S. The average molecular weight is 248 g/mol. The topological polar surface area (TPSA) is 60.9 Å². The van der Waals surface area contributed by atoms with Crippen LogP contribution in [0.3, 0.4) is 0 Å². The average Bonchev–Trinajstić information content (AvgIpc) is 2.26. The lowest BCUT2D eigenvalue weighted by molar-refractivity contribution is -0.0463. The van der Waals surface area contributed by atoms with Crippen molar-refractivity contribution in [2.75, 3.05) is 44.7 Å². The molecular weight excluding hydrogens is 228 g/mol. The van der Waals surface area contributed by atoms with Crippen LogP contribution in [0.5, 0.6) is 0 Å². The minimum absolute atomic E-state index is 0.0819. The van der Waals surface area contributed by atoms with Crippen LogP contribution < -0.4 is 0 Å². The molecule has 16 heavy (non-hydrogen) atoms. The molecule has 0 radical (unpaired) electrons. The van der Waals surface area contributed by atoms with Crippen molar-refractivity contribution < 1.29 is 13.5 Å². The molecule has 0 saturated carbocycles. The first kappa shape index (κ1) is 12.3. The van der Waals surface area contributed by atoms with E-state index in [2.05, 4.69) is 9.80 Å². The van der Waals surface area contributed by atoms with E-state index in [1.807, 2.05) is 0 Å². The van der Waals surface area contributed by atoms with Crippen LogP contribution in [0.15, 0.2) is 0 Å². The zero-order valence-corrected chi connectivity index (χ0v) is 10.5. The summed E-state index contributed by atoms with van der Waals surface area (Å²) in [5.74, 6) is 0.0819. The van der Waals surface area contributed by atoms with Crippen LogP contribution in [0.1, 0.15) is 6.42 Å². The van der Waals surface area contributed by atoms with E-state index in [0.29, 0.717) is 6.42 Å². The fourth-order valence-electron chi connectivity index (χ4n) is 2.55. The smallest absolute Gasteiger partial charge is 0.147 e. The third-order valence-electron chi connectivity index (χ3n) is 3.55. The van der Waals surface area contributed by atoms with Gasteiger partial charge >= 0.3 is 0 Å². The molecule has 0 aliphatic carbocycles. The highest BCUT2D eigenvalue weighted by atomic mass is 32.2. The minimum atomic E-state index is -2.96. The standard InChI is InChI=1S/C10H20N2O3S/c1-16(14,15)7-2-10(13)9-8-11-3-5-12(9)6-4-11/h9-10,13H,2-8H2,1H3. The molecule has 3 heterocycles. The zero-order chi connectivity index (χ0) is 11.8. The maximum Gasteiger partial charge on any atom is 0.147 e. The first-order valence-electron chi connectivity index (χ1n) is 5.78. The summed E-state index contributed by atoms with van der Waals surface area (Å²) in [6, 6.07) is 0.129. The van der Waals surface area contributed by atoms with Crippen molar-refractivity contribution in [1.29, 1.82) is 0 Å². The SMILES string of the molecule is CS(=O)(=O)CCC(O)C1CN2CCN1CC2. The number of piperazine rings is 3. The largest absolute Gasteiger partial charge is 0.391 e. The molecule has 0 aromatic rings. The maximum atomic E-state index is 11.0. The Hall–Kier alpha value is -0.170. The number of fused-ring (bicyclic) bond motifs is 3. The molecule has 1 N–H and O–H groups in total. The second kappa shape index (κ2) is 4.60. The Bertz CT molecular complexity index is 336. The second-order valence-electron chi connectivity index (χ2n) is 4.89. The van der Waals surface area contributed by atoms with E-state index in [-0.39, 0.29) is 11.8 Å². The summed E-state index contributed by atoms with van der Waals surface area (Å²) in [7, 11) is -2.96. The van der Waals surface area contributed by atoms with E-state index in [1.54, 1.807) is 0 Å². The highest BCUT2D eigenvalue weighted by molar-refractivity contribution is 7.90.